The molecule has 0 rings (SSSR count). The van der Waals surface area contributed by atoms with E-state index >= 15 is 0 Å². The molecule has 0 fully saturated rings. The van der Waals surface area contributed by atoms with E-state index in [0.717, 1.165) is 13.8 Å². The van der Waals surface area contributed by atoms with Gasteiger partial charge in [0.05, 0.1) is 6.42 Å². The van der Waals surface area contributed by atoms with Crippen molar-refractivity contribution in [3.05, 3.63) is 0 Å². The predicted molar refractivity (Wildman–Crippen MR) is 53.5 cm³/mol. The van der Waals surface area contributed by atoms with Crippen LogP contribution in [-0.4, -0.2) is 42.1 Å². The third-order valence-corrected chi connectivity index (χ3v) is 2.55. The smallest absolute Gasteiger partial charge is 0.393 e. The zero-order chi connectivity index (χ0) is 14.5. The Kier molecular flexibility index (Phi) is 9.04. The fourth-order valence-electron chi connectivity index (χ4n) is 0.871. The van der Waals surface area contributed by atoms with Crippen LogP contribution < -0.4 is 29.6 Å². The summed E-state index contributed by atoms with van der Waals surface area (Å²) < 4.78 is 38.3. The summed E-state index contributed by atoms with van der Waals surface area (Å²) in [4.78, 5) is 43.0. The first kappa shape index (κ1) is 20.5. The fourth-order valence-corrected chi connectivity index (χ4v) is 1.51. The number of carbonyl (C=O) groups excluding carboxylic acids is 4. The van der Waals surface area contributed by atoms with Gasteiger partial charge in [0.1, 0.15) is 0 Å². The van der Waals surface area contributed by atoms with E-state index in [0.29, 0.717) is 0 Å². The third kappa shape index (κ3) is 8.83. The minimum atomic E-state index is -4.98. The Labute approximate surface area is 130 Å². The number of carbonyl (C=O) groups is 4. The molecule has 0 radical (unpaired) electrons. The van der Waals surface area contributed by atoms with Crippen LogP contribution in [-0.2, 0) is 38.8 Å². The van der Waals surface area contributed by atoms with Crippen LogP contribution in [0.1, 0.15) is 20.3 Å². The molecule has 102 valence electrons. The molecule has 11 heteroatoms. The Hall–Kier alpha value is -0.810. The van der Waals surface area contributed by atoms with Crippen molar-refractivity contribution in [1.29, 1.82) is 0 Å². The van der Waals surface area contributed by atoms with Crippen LogP contribution in [0.5, 0.6) is 0 Å². The molecule has 0 aliphatic heterocycles. The van der Waals surface area contributed by atoms with Crippen LogP contribution in [0.15, 0.2) is 0 Å². The molecule has 0 saturated carbocycles. The van der Waals surface area contributed by atoms with Gasteiger partial charge in [-0.1, -0.05) is 0 Å². The first-order valence-corrected chi connectivity index (χ1v) is 5.94. The zero-order valence-corrected chi connectivity index (χ0v) is 13.2. The molecule has 0 aromatic heterocycles. The average Bonchev–Trinajstić information content (AvgIpc) is 2.09. The summed E-state index contributed by atoms with van der Waals surface area (Å²) >= 11 is 0. The largest absolute Gasteiger partial charge is 1.00 e. The second-order valence-electron chi connectivity index (χ2n) is 3.09. The first-order chi connectivity index (χ1) is 8.04. The fraction of sp³-hybridized carbons (Fsp3) is 0.500. The monoisotopic (exact) mass is 305 g/mol. The Balaban J connectivity index is 0. The van der Waals surface area contributed by atoms with Gasteiger partial charge in [0.2, 0.25) is 0 Å². The summed E-state index contributed by atoms with van der Waals surface area (Å²) in [6, 6.07) is 0. The molecule has 19 heavy (non-hydrogen) atoms. The van der Waals surface area contributed by atoms with Crippen molar-refractivity contribution in [2.24, 2.45) is 0 Å². The maximum absolute atomic E-state index is 11.1. The zero-order valence-electron chi connectivity index (χ0n) is 10.4. The van der Waals surface area contributed by atoms with E-state index in [-0.39, 0.29) is 29.6 Å². The number of hydrogen-bond acceptors (Lipinski definition) is 8. The Bertz CT molecular complexity index is 480. The van der Waals surface area contributed by atoms with E-state index in [1.807, 2.05) is 0 Å². The Morgan fingerprint density at radius 3 is 1.79 bits per heavy atom. The molecule has 0 aromatic carbocycles. The van der Waals surface area contributed by atoms with Crippen molar-refractivity contribution in [1.82, 2.24) is 0 Å². The molecule has 0 spiro atoms. The molecule has 0 aromatic rings. The number of rotatable bonds is 4. The van der Waals surface area contributed by atoms with Gasteiger partial charge >= 0.3 is 53.4 Å². The number of hydrogen-bond donors (Lipinski definition) is 1. The summed E-state index contributed by atoms with van der Waals surface area (Å²) in [6.45, 7) is 1.71. The van der Waals surface area contributed by atoms with E-state index < -0.39 is 45.7 Å². The first-order valence-electron chi connectivity index (χ1n) is 4.44. The van der Waals surface area contributed by atoms with Crippen molar-refractivity contribution < 1.29 is 71.2 Å². The summed E-state index contributed by atoms with van der Waals surface area (Å²) in [7, 11) is -4.98. The minimum absolute atomic E-state index is 0. The average molecular weight is 305 g/mol. The summed E-state index contributed by atoms with van der Waals surface area (Å²) in [5.41, 5.74) is 0. The molecular formula is C8H10NaO9S+. The van der Waals surface area contributed by atoms with Crippen molar-refractivity contribution in [2.45, 2.75) is 25.5 Å². The Morgan fingerprint density at radius 1 is 1.05 bits per heavy atom. The minimum Gasteiger partial charge on any atom is -0.393 e. The molecular weight excluding hydrogens is 295 g/mol. The van der Waals surface area contributed by atoms with Crippen molar-refractivity contribution in [3.63, 3.8) is 0 Å². The summed E-state index contributed by atoms with van der Waals surface area (Å²) in [6.07, 6.45) is -1.15. The van der Waals surface area contributed by atoms with Gasteiger partial charge in [0.25, 0.3) is 10.1 Å². The molecule has 1 N–H and O–H groups in total. The van der Waals surface area contributed by atoms with Crippen LogP contribution >= 0.6 is 0 Å². The van der Waals surface area contributed by atoms with Crippen LogP contribution in [0, 0.1) is 0 Å². The van der Waals surface area contributed by atoms with Crippen molar-refractivity contribution in [2.75, 3.05) is 0 Å². The molecule has 1 unspecified atom stereocenters. The van der Waals surface area contributed by atoms with Crippen LogP contribution in [0.2, 0.25) is 0 Å². The maximum atomic E-state index is 11.1. The molecule has 0 aliphatic rings. The van der Waals surface area contributed by atoms with E-state index in [1.165, 1.54) is 0 Å². The van der Waals surface area contributed by atoms with E-state index in [2.05, 4.69) is 9.47 Å². The summed E-state index contributed by atoms with van der Waals surface area (Å²) in [5, 5.41) is -2.33. The van der Waals surface area contributed by atoms with Gasteiger partial charge in [-0.2, -0.15) is 8.42 Å². The molecule has 0 aliphatic carbocycles. The molecule has 9 nitrogen and oxygen atoms in total. The van der Waals surface area contributed by atoms with Crippen molar-refractivity contribution >= 4 is 34.0 Å². The number of esters is 4. The standard InChI is InChI=1S/C8H10O9S.Na/c1-4(9)16-7(11)3-6(18(13,14)15)8(12)17-5(2)10;/h6H,3H2,1-2H3,(H,13,14,15);/q;+1. The van der Waals surface area contributed by atoms with Crippen LogP contribution in [0.4, 0.5) is 0 Å². The van der Waals surface area contributed by atoms with Gasteiger partial charge in [-0.05, 0) is 0 Å². The second kappa shape index (κ2) is 8.38. The van der Waals surface area contributed by atoms with Gasteiger partial charge in [-0.3, -0.25) is 23.7 Å². The van der Waals surface area contributed by atoms with Gasteiger partial charge in [-0.15, -0.1) is 0 Å². The number of ether oxygens (including phenoxy) is 2. The van der Waals surface area contributed by atoms with Crippen LogP contribution in [0.3, 0.4) is 0 Å². The predicted octanol–water partition coefficient (Wildman–Crippen LogP) is -4.18. The topological polar surface area (TPSA) is 141 Å². The SMILES string of the molecule is CC(=O)OC(=O)CC(C(=O)OC(C)=O)S(=O)(=O)O.[Na+]. The molecule has 0 saturated heterocycles. The second-order valence-corrected chi connectivity index (χ2v) is 4.69. The van der Waals surface area contributed by atoms with Gasteiger partial charge < -0.3 is 9.47 Å². The van der Waals surface area contributed by atoms with Crippen LogP contribution in [0.25, 0.3) is 0 Å². The quantitative estimate of drug-likeness (QED) is 0.237. The van der Waals surface area contributed by atoms with Gasteiger partial charge in [0.15, 0.2) is 5.25 Å². The summed E-state index contributed by atoms with van der Waals surface area (Å²) in [5.74, 6) is -5.13. The van der Waals surface area contributed by atoms with E-state index in [1.54, 1.807) is 0 Å². The van der Waals surface area contributed by atoms with E-state index in [4.69, 9.17) is 4.55 Å². The Morgan fingerprint density at radius 2 is 1.47 bits per heavy atom. The third-order valence-electron chi connectivity index (χ3n) is 1.48. The molecule has 1 atom stereocenters. The normalized spacial score (nSPS) is 11.7. The molecule has 0 heterocycles. The van der Waals surface area contributed by atoms with E-state index in [9.17, 15) is 27.6 Å². The molecule has 0 amide bonds. The maximum Gasteiger partial charge on any atom is 1.00 e. The van der Waals surface area contributed by atoms with Gasteiger partial charge in [-0.25, -0.2) is 0 Å². The van der Waals surface area contributed by atoms with Crippen molar-refractivity contribution in [3.8, 4) is 0 Å². The van der Waals surface area contributed by atoms with Gasteiger partial charge in [0, 0.05) is 13.8 Å². The molecule has 0 bridgehead atoms.